The standard InChI is InChI=1S/C36H22BN/c1-3-9-23(10-4-1)25-17-19-27-29-13-7-15-31-32-16-8-14-30-28-20-18-26(24-11-5-2-6-12-24)22-34(28)37(33(27)21-25)38(35(29)31)36(30)32/h1-22H. The minimum atomic E-state index is 0.122. The summed E-state index contributed by atoms with van der Waals surface area (Å²) in [5.74, 6) is 0. The second-order valence-electron chi connectivity index (χ2n) is 10.5. The number of nitrogens with zero attached hydrogens (tertiary/aromatic N) is 1. The van der Waals surface area contributed by atoms with Crippen LogP contribution in [0.1, 0.15) is 0 Å². The minimum Gasteiger partial charge on any atom is -0.375 e. The summed E-state index contributed by atoms with van der Waals surface area (Å²) >= 11 is 0. The number of rotatable bonds is 2. The molecule has 0 amide bonds. The van der Waals surface area contributed by atoms with E-state index in [0.717, 1.165) is 0 Å². The van der Waals surface area contributed by atoms with Crippen LogP contribution < -0.4 is 10.9 Å². The molecule has 0 saturated carbocycles. The van der Waals surface area contributed by atoms with Gasteiger partial charge in [0, 0.05) is 32.9 Å². The number of hydrogen-bond donors (Lipinski definition) is 0. The van der Waals surface area contributed by atoms with Crippen LogP contribution >= 0.6 is 0 Å². The van der Waals surface area contributed by atoms with Crippen molar-refractivity contribution in [3.8, 4) is 44.5 Å². The van der Waals surface area contributed by atoms with Crippen LogP contribution in [0.25, 0.3) is 66.3 Å². The van der Waals surface area contributed by atoms with Crippen LogP contribution in [0.15, 0.2) is 133 Å². The zero-order valence-corrected chi connectivity index (χ0v) is 20.7. The molecule has 174 valence electrons. The predicted molar refractivity (Wildman–Crippen MR) is 162 cm³/mol. The van der Waals surface area contributed by atoms with Gasteiger partial charge in [-0.1, -0.05) is 133 Å². The van der Waals surface area contributed by atoms with Gasteiger partial charge in [-0.3, -0.25) is 0 Å². The molecule has 6 aromatic carbocycles. The average Bonchev–Trinajstić information content (AvgIpc) is 3.34. The van der Waals surface area contributed by atoms with Gasteiger partial charge in [0.1, 0.15) is 0 Å². The van der Waals surface area contributed by atoms with Gasteiger partial charge in [0.2, 0.25) is 0 Å². The van der Waals surface area contributed by atoms with Crippen LogP contribution in [0, 0.1) is 0 Å². The zero-order chi connectivity index (χ0) is 24.8. The maximum absolute atomic E-state index is 2.64. The van der Waals surface area contributed by atoms with Gasteiger partial charge in [-0.2, -0.15) is 0 Å². The molecule has 7 aromatic rings. The number of para-hydroxylation sites is 2. The molecule has 1 aromatic heterocycles. The van der Waals surface area contributed by atoms with Gasteiger partial charge in [0.15, 0.2) is 0 Å². The molecule has 0 unspecified atom stereocenters. The molecule has 38 heavy (non-hydrogen) atoms. The molecule has 3 heterocycles. The summed E-state index contributed by atoms with van der Waals surface area (Å²) in [5.41, 5.74) is 15.9. The third kappa shape index (κ3) is 2.57. The minimum absolute atomic E-state index is 0.122. The quantitative estimate of drug-likeness (QED) is 0.224. The number of fused-ring (bicyclic) bond motifs is 7. The lowest BCUT2D eigenvalue weighted by molar-refractivity contribution is 1.31. The SMILES string of the molecule is c1ccc(-c2ccc3c(c2)B2c4cc(-c5ccccc5)ccc4-c4cccc5c6cccc-3c6n2c45)cc1. The third-order valence-corrected chi connectivity index (χ3v) is 8.59. The molecule has 0 saturated heterocycles. The van der Waals surface area contributed by atoms with Gasteiger partial charge in [0.05, 0.1) is 0 Å². The largest absolute Gasteiger partial charge is 0.375 e. The summed E-state index contributed by atoms with van der Waals surface area (Å²) in [5, 5.41) is 2.69. The van der Waals surface area contributed by atoms with Crippen molar-refractivity contribution in [3.05, 3.63) is 133 Å². The Morgan fingerprint density at radius 2 is 0.842 bits per heavy atom. The Labute approximate surface area is 221 Å². The molecule has 1 nitrogen and oxygen atoms in total. The van der Waals surface area contributed by atoms with E-state index < -0.39 is 0 Å². The highest BCUT2D eigenvalue weighted by atomic mass is 14.9. The van der Waals surface area contributed by atoms with Gasteiger partial charge in [-0.25, -0.2) is 0 Å². The van der Waals surface area contributed by atoms with E-state index in [0.29, 0.717) is 0 Å². The van der Waals surface area contributed by atoms with Crippen molar-refractivity contribution in [1.29, 1.82) is 0 Å². The van der Waals surface area contributed by atoms with E-state index in [1.54, 1.807) is 0 Å². The molecule has 0 fully saturated rings. The molecule has 0 atom stereocenters. The van der Waals surface area contributed by atoms with E-state index >= 15 is 0 Å². The van der Waals surface area contributed by atoms with Gasteiger partial charge in [-0.15, -0.1) is 0 Å². The van der Waals surface area contributed by atoms with Crippen molar-refractivity contribution in [2.75, 3.05) is 0 Å². The molecule has 0 aliphatic carbocycles. The Morgan fingerprint density at radius 3 is 1.32 bits per heavy atom. The molecular weight excluding hydrogens is 457 g/mol. The van der Waals surface area contributed by atoms with Crippen LogP contribution in [-0.4, -0.2) is 11.3 Å². The van der Waals surface area contributed by atoms with Crippen molar-refractivity contribution in [1.82, 2.24) is 4.48 Å². The lowest BCUT2D eigenvalue weighted by Crippen LogP contribution is -2.53. The summed E-state index contributed by atoms with van der Waals surface area (Å²) in [4.78, 5) is 0. The van der Waals surface area contributed by atoms with E-state index in [1.165, 1.54) is 77.2 Å². The highest BCUT2D eigenvalue weighted by Gasteiger charge is 2.39. The Hall–Kier alpha value is -4.82. The molecule has 9 rings (SSSR count). The number of hydrogen-bond acceptors (Lipinski definition) is 0. The van der Waals surface area contributed by atoms with Crippen molar-refractivity contribution in [3.63, 3.8) is 0 Å². The fourth-order valence-electron chi connectivity index (χ4n) is 6.98. The predicted octanol–water partition coefficient (Wildman–Crippen LogP) is 7.74. The van der Waals surface area contributed by atoms with E-state index in [1.807, 2.05) is 0 Å². The lowest BCUT2D eigenvalue weighted by Gasteiger charge is -2.33. The normalized spacial score (nSPS) is 12.7. The molecule has 0 radical (unpaired) electrons. The first-order valence-corrected chi connectivity index (χ1v) is 13.3. The fraction of sp³-hybridized carbons (Fsp3) is 0. The molecule has 0 bridgehead atoms. The van der Waals surface area contributed by atoms with E-state index in [2.05, 4.69) is 138 Å². The van der Waals surface area contributed by atoms with Gasteiger partial charge < -0.3 is 4.48 Å². The van der Waals surface area contributed by atoms with Gasteiger partial charge in [0.25, 0.3) is 0 Å². The Kier molecular flexibility index (Phi) is 3.93. The Morgan fingerprint density at radius 1 is 0.368 bits per heavy atom. The molecule has 2 aliphatic rings. The highest BCUT2D eigenvalue weighted by Crippen LogP contribution is 2.44. The van der Waals surface area contributed by atoms with Crippen LogP contribution in [0.4, 0.5) is 0 Å². The summed E-state index contributed by atoms with van der Waals surface area (Å²) in [6, 6.07) is 49.3. The van der Waals surface area contributed by atoms with E-state index in [9.17, 15) is 0 Å². The van der Waals surface area contributed by atoms with Gasteiger partial charge >= 0.3 is 6.85 Å². The first-order valence-electron chi connectivity index (χ1n) is 13.3. The zero-order valence-electron chi connectivity index (χ0n) is 20.7. The summed E-state index contributed by atoms with van der Waals surface area (Å²) < 4.78 is 2.64. The van der Waals surface area contributed by atoms with Gasteiger partial charge in [-0.05, 0) is 44.3 Å². The molecule has 2 aliphatic heterocycles. The van der Waals surface area contributed by atoms with E-state index in [-0.39, 0.29) is 6.85 Å². The highest BCUT2D eigenvalue weighted by molar-refractivity contribution is 6.88. The Bertz CT molecular complexity index is 1920. The summed E-state index contributed by atoms with van der Waals surface area (Å²) in [7, 11) is 0. The van der Waals surface area contributed by atoms with Crippen LogP contribution in [0.2, 0.25) is 0 Å². The smallest absolute Gasteiger partial charge is 0.329 e. The second-order valence-corrected chi connectivity index (χ2v) is 10.5. The fourth-order valence-corrected chi connectivity index (χ4v) is 6.98. The third-order valence-electron chi connectivity index (χ3n) is 8.59. The lowest BCUT2D eigenvalue weighted by atomic mass is 9.45. The second kappa shape index (κ2) is 7.37. The maximum Gasteiger partial charge on any atom is 0.329 e. The van der Waals surface area contributed by atoms with Crippen molar-refractivity contribution < 1.29 is 0 Å². The first-order chi connectivity index (χ1) is 18.9. The first kappa shape index (κ1) is 20.3. The van der Waals surface area contributed by atoms with Crippen LogP contribution in [0.5, 0.6) is 0 Å². The van der Waals surface area contributed by atoms with Crippen molar-refractivity contribution >= 4 is 39.6 Å². The van der Waals surface area contributed by atoms with E-state index in [4.69, 9.17) is 0 Å². The summed E-state index contributed by atoms with van der Waals surface area (Å²) in [6.07, 6.45) is 0. The van der Waals surface area contributed by atoms with Crippen LogP contribution in [-0.2, 0) is 0 Å². The van der Waals surface area contributed by atoms with Crippen molar-refractivity contribution in [2.24, 2.45) is 0 Å². The Balaban J connectivity index is 1.43. The molecule has 2 heteroatoms. The van der Waals surface area contributed by atoms with Crippen LogP contribution in [0.3, 0.4) is 0 Å². The number of benzene rings is 6. The topological polar surface area (TPSA) is 4.93 Å². The average molecular weight is 479 g/mol. The maximum atomic E-state index is 2.64. The monoisotopic (exact) mass is 479 g/mol. The molecule has 0 N–H and O–H groups in total. The van der Waals surface area contributed by atoms with Crippen molar-refractivity contribution in [2.45, 2.75) is 0 Å². The molecular formula is C36H22BN. The molecule has 0 spiro atoms. The summed E-state index contributed by atoms with van der Waals surface area (Å²) in [6.45, 7) is 0.122. The number of aromatic nitrogens is 1.